The number of likely N-dealkylation sites (N-methyl/N-ethyl adjacent to an activating group) is 1. The third-order valence-electron chi connectivity index (χ3n) is 12.5. The highest BCUT2D eigenvalue weighted by Gasteiger charge is 2.26. The summed E-state index contributed by atoms with van der Waals surface area (Å²) in [4.78, 5) is 23.1. The molecule has 0 bridgehead atoms. The average Bonchev–Trinajstić information content (AvgIpc) is 3.27. The molecule has 0 aromatic heterocycles. The number of unbranched alkanes of at least 4 members (excludes halogenated alkanes) is 35. The summed E-state index contributed by atoms with van der Waals surface area (Å²) >= 11 is 0. The molecule has 9 heteroatoms. The van der Waals surface area contributed by atoms with Crippen molar-refractivity contribution in [2.24, 2.45) is 0 Å². The van der Waals surface area contributed by atoms with Crippen molar-refractivity contribution in [3.63, 3.8) is 0 Å². The fraction of sp³-hybridized carbons (Fsp3) is 0.911. The zero-order valence-corrected chi connectivity index (χ0v) is 44.9. The minimum Gasteiger partial charge on any atom is -0.457 e. The van der Waals surface area contributed by atoms with Crippen molar-refractivity contribution in [2.45, 2.75) is 277 Å². The lowest BCUT2D eigenvalue weighted by atomic mass is 10.1. The molecule has 0 heterocycles. The Hall–Kier alpha value is -1.02. The lowest BCUT2D eigenvalue weighted by molar-refractivity contribution is -0.870. The lowest BCUT2D eigenvalue weighted by Gasteiger charge is -2.24. The van der Waals surface area contributed by atoms with Gasteiger partial charge in [0.2, 0.25) is 0 Å². The third kappa shape index (κ3) is 53.8. The lowest BCUT2D eigenvalue weighted by Crippen LogP contribution is -2.37. The average molecular weight is 941 g/mol. The molecule has 0 fully saturated rings. The molecular formula is C56H111NO7P+. The number of rotatable bonds is 53. The van der Waals surface area contributed by atoms with Crippen LogP contribution >= 0.6 is 7.82 Å². The van der Waals surface area contributed by atoms with Gasteiger partial charge in [-0.2, -0.15) is 0 Å². The van der Waals surface area contributed by atoms with Gasteiger partial charge in [-0.3, -0.25) is 13.8 Å². The highest BCUT2D eigenvalue weighted by Crippen LogP contribution is 2.43. The summed E-state index contributed by atoms with van der Waals surface area (Å²) < 4.78 is 35.2. The summed E-state index contributed by atoms with van der Waals surface area (Å²) in [5.74, 6) is -0.311. The summed E-state index contributed by atoms with van der Waals surface area (Å²) in [6.45, 7) is 5.67. The molecule has 0 aliphatic carbocycles. The van der Waals surface area contributed by atoms with Crippen molar-refractivity contribution < 1.29 is 37.3 Å². The van der Waals surface area contributed by atoms with E-state index in [-0.39, 0.29) is 25.8 Å². The van der Waals surface area contributed by atoms with Crippen LogP contribution in [0.25, 0.3) is 0 Å². The van der Waals surface area contributed by atoms with Crippen LogP contribution in [0.5, 0.6) is 0 Å². The van der Waals surface area contributed by atoms with Crippen LogP contribution in [0.15, 0.2) is 24.3 Å². The van der Waals surface area contributed by atoms with E-state index in [4.69, 9.17) is 18.5 Å². The molecule has 0 aliphatic heterocycles. The topological polar surface area (TPSA) is 91.3 Å². The summed E-state index contributed by atoms with van der Waals surface area (Å²) in [5, 5.41) is 0. The Labute approximate surface area is 404 Å². The first-order chi connectivity index (χ1) is 31.6. The molecule has 0 aromatic rings. The van der Waals surface area contributed by atoms with E-state index < -0.39 is 13.9 Å². The number of carbonyl (C=O) groups is 1. The van der Waals surface area contributed by atoms with Crippen LogP contribution in [0.2, 0.25) is 0 Å². The number of phosphoric acid groups is 1. The van der Waals surface area contributed by atoms with E-state index in [2.05, 4.69) is 38.2 Å². The van der Waals surface area contributed by atoms with E-state index in [1.54, 1.807) is 0 Å². The maximum Gasteiger partial charge on any atom is 0.472 e. The molecular weight excluding hydrogens is 830 g/mol. The predicted molar refractivity (Wildman–Crippen MR) is 280 cm³/mol. The predicted octanol–water partition coefficient (Wildman–Crippen LogP) is 17.5. The second kappa shape index (κ2) is 49.4. The summed E-state index contributed by atoms with van der Waals surface area (Å²) in [7, 11) is 1.68. The molecule has 386 valence electrons. The summed E-state index contributed by atoms with van der Waals surface area (Å²) in [6, 6.07) is 0. The van der Waals surface area contributed by atoms with Crippen LogP contribution in [-0.4, -0.2) is 75.6 Å². The van der Waals surface area contributed by atoms with Gasteiger partial charge in [0.15, 0.2) is 0 Å². The number of allylic oxidation sites excluding steroid dienone is 4. The minimum absolute atomic E-state index is 0.0899. The molecule has 0 aromatic carbocycles. The molecule has 0 rings (SSSR count). The van der Waals surface area contributed by atoms with E-state index in [0.717, 1.165) is 32.1 Å². The summed E-state index contributed by atoms with van der Waals surface area (Å²) in [6.07, 6.45) is 59.5. The van der Waals surface area contributed by atoms with Crippen molar-refractivity contribution in [3.8, 4) is 0 Å². The second-order valence-corrected chi connectivity index (χ2v) is 21.8. The number of hydrogen-bond acceptors (Lipinski definition) is 6. The number of esters is 1. The SMILES string of the molecule is CCCCCCCCCC/C=C\CCCCCCCCCCCCOCC(COP(=O)(O)OCC[N+](C)(C)C)OC(=O)CCCCCCCCCCC/C=C\CCCCCCCCCC. The first-order valence-electron chi connectivity index (χ1n) is 28.1. The minimum atomic E-state index is -4.28. The molecule has 0 saturated heterocycles. The Bertz CT molecular complexity index is 1090. The molecule has 0 aliphatic rings. The zero-order chi connectivity index (χ0) is 47.6. The third-order valence-corrected chi connectivity index (χ3v) is 13.5. The molecule has 8 nitrogen and oxygen atoms in total. The Morgan fingerprint density at radius 1 is 0.462 bits per heavy atom. The molecule has 0 amide bonds. The van der Waals surface area contributed by atoms with E-state index in [1.165, 1.54) is 218 Å². The maximum absolute atomic E-state index is 12.8. The van der Waals surface area contributed by atoms with Crippen molar-refractivity contribution in [1.82, 2.24) is 0 Å². The standard InChI is InChI=1S/C56H110NO7P/c1-6-8-10-12-14-16-18-20-22-24-26-28-30-32-34-36-38-40-42-44-46-48-51-61-53-55(54-63-65(59,60)62-52-50-57(3,4)5)64-56(58)49-47-45-43-41-39-37-35-33-31-29-27-25-23-21-19-17-15-13-11-9-7-2/h24-27,55H,6-23,28-54H2,1-5H3/p+1/b26-24-,27-25-. The van der Waals surface area contributed by atoms with Gasteiger partial charge in [0.1, 0.15) is 19.3 Å². The van der Waals surface area contributed by atoms with Crippen molar-refractivity contribution in [2.75, 3.05) is 54.1 Å². The molecule has 0 radical (unpaired) electrons. The monoisotopic (exact) mass is 941 g/mol. The van der Waals surface area contributed by atoms with Crippen LogP contribution in [0.3, 0.4) is 0 Å². The van der Waals surface area contributed by atoms with E-state index in [9.17, 15) is 14.3 Å². The zero-order valence-electron chi connectivity index (χ0n) is 44.0. The largest absolute Gasteiger partial charge is 0.472 e. The van der Waals surface area contributed by atoms with Gasteiger partial charge in [-0.1, -0.05) is 224 Å². The molecule has 2 unspecified atom stereocenters. The number of hydrogen-bond donors (Lipinski definition) is 1. The van der Waals surface area contributed by atoms with Gasteiger partial charge in [0.25, 0.3) is 0 Å². The maximum atomic E-state index is 12.8. The highest BCUT2D eigenvalue weighted by molar-refractivity contribution is 7.47. The Balaban J connectivity index is 4.07. The fourth-order valence-corrected chi connectivity index (χ4v) is 8.87. The van der Waals surface area contributed by atoms with Crippen LogP contribution < -0.4 is 0 Å². The Kier molecular flexibility index (Phi) is 48.6. The fourth-order valence-electron chi connectivity index (χ4n) is 8.13. The first-order valence-corrected chi connectivity index (χ1v) is 29.6. The molecule has 1 N–H and O–H groups in total. The molecule has 0 saturated carbocycles. The van der Waals surface area contributed by atoms with Gasteiger partial charge in [-0.15, -0.1) is 0 Å². The van der Waals surface area contributed by atoms with Gasteiger partial charge in [-0.25, -0.2) is 4.57 Å². The number of carbonyl (C=O) groups excluding carboxylic acids is 1. The number of quaternary nitrogens is 1. The quantitative estimate of drug-likeness (QED) is 0.0213. The molecule has 2 atom stereocenters. The van der Waals surface area contributed by atoms with Crippen LogP contribution in [0.4, 0.5) is 0 Å². The van der Waals surface area contributed by atoms with Gasteiger partial charge in [0, 0.05) is 13.0 Å². The second-order valence-electron chi connectivity index (χ2n) is 20.3. The molecule has 65 heavy (non-hydrogen) atoms. The van der Waals surface area contributed by atoms with Crippen LogP contribution in [0, 0.1) is 0 Å². The van der Waals surface area contributed by atoms with E-state index in [0.29, 0.717) is 24.1 Å². The van der Waals surface area contributed by atoms with Crippen LogP contribution in [0.1, 0.15) is 271 Å². The smallest absolute Gasteiger partial charge is 0.457 e. The number of ether oxygens (including phenoxy) is 2. The van der Waals surface area contributed by atoms with Crippen molar-refractivity contribution in [3.05, 3.63) is 24.3 Å². The Morgan fingerprint density at radius 3 is 1.17 bits per heavy atom. The van der Waals surface area contributed by atoms with Crippen molar-refractivity contribution in [1.29, 1.82) is 0 Å². The highest BCUT2D eigenvalue weighted by atomic mass is 31.2. The molecule has 0 spiro atoms. The van der Waals surface area contributed by atoms with E-state index in [1.807, 2.05) is 21.1 Å². The van der Waals surface area contributed by atoms with Gasteiger partial charge < -0.3 is 18.9 Å². The number of nitrogens with zero attached hydrogens (tertiary/aromatic N) is 1. The summed E-state index contributed by atoms with van der Waals surface area (Å²) in [5.41, 5.74) is 0. The van der Waals surface area contributed by atoms with Gasteiger partial charge in [-0.05, 0) is 64.2 Å². The van der Waals surface area contributed by atoms with Gasteiger partial charge >= 0.3 is 13.8 Å². The van der Waals surface area contributed by atoms with Crippen LogP contribution in [-0.2, 0) is 27.9 Å². The normalized spacial score (nSPS) is 13.6. The Morgan fingerprint density at radius 2 is 0.800 bits per heavy atom. The van der Waals surface area contributed by atoms with Crippen molar-refractivity contribution >= 4 is 13.8 Å². The van der Waals surface area contributed by atoms with E-state index >= 15 is 0 Å². The first kappa shape index (κ1) is 64.0. The number of phosphoric ester groups is 1. The van der Waals surface area contributed by atoms with Gasteiger partial charge in [0.05, 0.1) is 34.4 Å².